The van der Waals surface area contributed by atoms with Gasteiger partial charge in [-0.2, -0.15) is 0 Å². The second kappa shape index (κ2) is 11.2. The molecule has 0 atom stereocenters. The minimum atomic E-state index is 1.18. The van der Waals surface area contributed by atoms with E-state index >= 15 is 0 Å². The summed E-state index contributed by atoms with van der Waals surface area (Å²) in [5.74, 6) is 0. The molecule has 0 aliphatic rings. The molecule has 0 heteroatoms. The van der Waals surface area contributed by atoms with Gasteiger partial charge in [0.15, 0.2) is 0 Å². The van der Waals surface area contributed by atoms with Crippen LogP contribution in [0.4, 0.5) is 0 Å². The number of hydrogen-bond acceptors (Lipinski definition) is 0. The fourth-order valence-electron chi connectivity index (χ4n) is 6.64. The molecule has 206 valence electrons. The predicted octanol–water partition coefficient (Wildman–Crippen LogP) is 12.3. The molecule has 0 aliphatic carbocycles. The molecule has 0 saturated carbocycles. The lowest BCUT2D eigenvalue weighted by Gasteiger charge is -2.17. The van der Waals surface area contributed by atoms with Gasteiger partial charge in [0.05, 0.1) is 0 Å². The molecule has 0 nitrogen and oxygen atoms in total. The molecule has 0 N–H and O–H groups in total. The van der Waals surface area contributed by atoms with E-state index in [2.05, 4.69) is 182 Å². The predicted molar refractivity (Wildman–Crippen MR) is 191 cm³/mol. The van der Waals surface area contributed by atoms with Crippen molar-refractivity contribution >= 4 is 44.5 Å². The third kappa shape index (κ3) is 4.58. The summed E-state index contributed by atoms with van der Waals surface area (Å²) in [6, 6.07) is 61.3. The molecule has 8 aromatic carbocycles. The Bertz CT molecular complexity index is 2230. The lowest BCUT2D eigenvalue weighted by atomic mass is 9.86. The van der Waals surface area contributed by atoms with Gasteiger partial charge >= 0.3 is 0 Å². The van der Waals surface area contributed by atoms with E-state index in [1.54, 1.807) is 0 Å². The van der Waals surface area contributed by atoms with E-state index in [1.165, 1.54) is 76.8 Å². The highest BCUT2D eigenvalue weighted by atomic mass is 14.2. The Hall–Kier alpha value is -5.72. The monoisotopic (exact) mass is 558 g/mol. The highest BCUT2D eigenvalue weighted by Crippen LogP contribution is 2.43. The Kier molecular flexibility index (Phi) is 6.59. The molecular weight excluding hydrogens is 528 g/mol. The number of rotatable bonds is 5. The summed E-state index contributed by atoms with van der Waals surface area (Å²) < 4.78 is 0. The van der Waals surface area contributed by atoms with E-state index in [0.29, 0.717) is 0 Å². The van der Waals surface area contributed by atoms with Gasteiger partial charge in [-0.3, -0.25) is 0 Å². The zero-order chi connectivity index (χ0) is 29.3. The maximum Gasteiger partial charge on any atom is -0.00264 e. The van der Waals surface area contributed by atoms with Crippen molar-refractivity contribution in [2.45, 2.75) is 0 Å². The van der Waals surface area contributed by atoms with Gasteiger partial charge in [-0.15, -0.1) is 0 Å². The van der Waals surface area contributed by atoms with Crippen molar-refractivity contribution in [3.05, 3.63) is 181 Å². The van der Waals surface area contributed by atoms with Crippen LogP contribution in [0.2, 0.25) is 0 Å². The van der Waals surface area contributed by atoms with Crippen LogP contribution in [0.15, 0.2) is 170 Å². The van der Waals surface area contributed by atoms with E-state index in [1.807, 2.05) is 0 Å². The first kappa shape index (κ1) is 25.9. The maximum absolute atomic E-state index is 2.27. The van der Waals surface area contributed by atoms with Gasteiger partial charge in [0, 0.05) is 0 Å². The molecule has 44 heavy (non-hydrogen) atoms. The van der Waals surface area contributed by atoms with Gasteiger partial charge in [0.2, 0.25) is 0 Å². The van der Waals surface area contributed by atoms with Gasteiger partial charge in [0.1, 0.15) is 0 Å². The summed E-state index contributed by atoms with van der Waals surface area (Å²) >= 11 is 0. The highest BCUT2D eigenvalue weighted by molar-refractivity contribution is 6.21. The zero-order valence-corrected chi connectivity index (χ0v) is 24.3. The van der Waals surface area contributed by atoms with Gasteiger partial charge in [0.25, 0.3) is 0 Å². The van der Waals surface area contributed by atoms with Crippen molar-refractivity contribution in [3.8, 4) is 33.4 Å². The molecule has 0 amide bonds. The molecule has 0 fully saturated rings. The second-order valence-corrected chi connectivity index (χ2v) is 11.3. The van der Waals surface area contributed by atoms with Crippen molar-refractivity contribution in [1.29, 1.82) is 0 Å². The third-order valence-electron chi connectivity index (χ3n) is 8.69. The first-order valence-corrected chi connectivity index (χ1v) is 15.2. The lowest BCUT2D eigenvalue weighted by molar-refractivity contribution is 1.63. The minimum absolute atomic E-state index is 1.18. The fraction of sp³-hybridized carbons (Fsp3) is 0. The van der Waals surface area contributed by atoms with E-state index in [4.69, 9.17) is 0 Å². The summed E-state index contributed by atoms with van der Waals surface area (Å²) in [7, 11) is 0. The summed E-state index contributed by atoms with van der Waals surface area (Å²) in [6.07, 6.45) is 4.47. The number of benzene rings is 8. The zero-order valence-electron chi connectivity index (χ0n) is 24.3. The van der Waals surface area contributed by atoms with Crippen molar-refractivity contribution in [2.24, 2.45) is 0 Å². The third-order valence-corrected chi connectivity index (χ3v) is 8.69. The smallest absolute Gasteiger partial charge is 0.00264 e. The first-order valence-electron chi connectivity index (χ1n) is 15.2. The molecule has 0 spiro atoms. The maximum atomic E-state index is 2.27. The van der Waals surface area contributed by atoms with Crippen LogP contribution >= 0.6 is 0 Å². The lowest BCUT2D eigenvalue weighted by Crippen LogP contribution is -1.90. The standard InChI is InChI=1S/C44H30/c1-3-13-32(14-4-1)37-30-29-33(36-17-7-8-18-38(36)37)26-23-31-24-27-35(28-25-31)44-41-21-11-9-19-39(41)43(34-15-5-2-6-16-34)40-20-10-12-22-42(40)44/h1-30H/b26-23+. The summed E-state index contributed by atoms with van der Waals surface area (Å²) in [6.45, 7) is 0. The van der Waals surface area contributed by atoms with E-state index in [9.17, 15) is 0 Å². The fourth-order valence-corrected chi connectivity index (χ4v) is 6.64. The van der Waals surface area contributed by atoms with Crippen LogP contribution in [-0.4, -0.2) is 0 Å². The van der Waals surface area contributed by atoms with Crippen molar-refractivity contribution in [2.75, 3.05) is 0 Å². The van der Waals surface area contributed by atoms with Crippen LogP contribution in [0.1, 0.15) is 11.1 Å². The van der Waals surface area contributed by atoms with Crippen LogP contribution in [-0.2, 0) is 0 Å². The van der Waals surface area contributed by atoms with E-state index in [-0.39, 0.29) is 0 Å². The topological polar surface area (TPSA) is 0 Å². The van der Waals surface area contributed by atoms with Gasteiger partial charge in [-0.1, -0.05) is 182 Å². The van der Waals surface area contributed by atoms with E-state index < -0.39 is 0 Å². The summed E-state index contributed by atoms with van der Waals surface area (Å²) in [4.78, 5) is 0. The molecule has 0 unspecified atom stereocenters. The minimum Gasteiger partial charge on any atom is -0.0622 e. The van der Waals surface area contributed by atoms with Gasteiger partial charge in [-0.25, -0.2) is 0 Å². The largest absolute Gasteiger partial charge is 0.0622 e. The highest BCUT2D eigenvalue weighted by Gasteiger charge is 2.16. The molecule has 0 radical (unpaired) electrons. The molecular formula is C44H30. The summed E-state index contributed by atoms with van der Waals surface area (Å²) in [5, 5.41) is 7.65. The average molecular weight is 559 g/mol. The molecule has 8 rings (SSSR count). The average Bonchev–Trinajstić information content (AvgIpc) is 3.10. The number of fused-ring (bicyclic) bond motifs is 3. The van der Waals surface area contributed by atoms with Crippen LogP contribution in [0.5, 0.6) is 0 Å². The Labute approximate surface area is 258 Å². The first-order chi connectivity index (χ1) is 21.8. The normalized spacial score (nSPS) is 11.5. The Balaban J connectivity index is 1.20. The molecule has 0 saturated heterocycles. The van der Waals surface area contributed by atoms with Gasteiger partial charge < -0.3 is 0 Å². The Morgan fingerprint density at radius 3 is 1.25 bits per heavy atom. The Morgan fingerprint density at radius 2 is 0.705 bits per heavy atom. The van der Waals surface area contributed by atoms with Crippen LogP contribution in [0.25, 0.3) is 77.9 Å². The SMILES string of the molecule is C(=C\c1ccc(-c2ccccc2)c2ccccc12)/c1ccc(-c2c3ccccc3c(-c3ccccc3)c3ccccc23)cc1. The quantitative estimate of drug-likeness (QED) is 0.146. The second-order valence-electron chi connectivity index (χ2n) is 11.3. The molecule has 0 aliphatic heterocycles. The van der Waals surface area contributed by atoms with E-state index in [0.717, 1.165) is 0 Å². The van der Waals surface area contributed by atoms with Crippen molar-refractivity contribution < 1.29 is 0 Å². The van der Waals surface area contributed by atoms with Crippen LogP contribution < -0.4 is 0 Å². The van der Waals surface area contributed by atoms with Gasteiger partial charge in [-0.05, 0) is 76.8 Å². The molecule has 0 aromatic heterocycles. The van der Waals surface area contributed by atoms with Crippen LogP contribution in [0, 0.1) is 0 Å². The molecule has 0 bridgehead atoms. The van der Waals surface area contributed by atoms with Crippen molar-refractivity contribution in [3.63, 3.8) is 0 Å². The molecule has 0 heterocycles. The van der Waals surface area contributed by atoms with Crippen molar-refractivity contribution in [1.82, 2.24) is 0 Å². The summed E-state index contributed by atoms with van der Waals surface area (Å²) in [5.41, 5.74) is 9.96. The Morgan fingerprint density at radius 1 is 0.273 bits per heavy atom. The van der Waals surface area contributed by atoms with Crippen LogP contribution in [0.3, 0.4) is 0 Å². The molecule has 8 aromatic rings. The number of hydrogen-bond donors (Lipinski definition) is 0.